The fourth-order valence-corrected chi connectivity index (χ4v) is 2.39. The maximum atomic E-state index is 5.77. The molecule has 0 saturated carbocycles. The number of halogens is 1. The highest BCUT2D eigenvalue weighted by Gasteiger charge is 2.07. The van der Waals surface area contributed by atoms with Gasteiger partial charge in [-0.15, -0.1) is 0 Å². The first kappa shape index (κ1) is 10.5. The van der Waals surface area contributed by atoms with Crippen LogP contribution in [-0.2, 0) is 6.54 Å². The molecular weight excluding hydrogens is 278 g/mol. The molecule has 0 spiro atoms. The molecule has 2 nitrogen and oxygen atoms in total. The SMILES string of the molecule is C=NCc1ccc2oc3ccc(Br)cc3c2c1. The molecule has 1 aromatic heterocycles. The first-order valence-electron chi connectivity index (χ1n) is 5.31. The fourth-order valence-electron chi connectivity index (χ4n) is 2.02. The molecule has 3 rings (SSSR count). The average molecular weight is 288 g/mol. The Morgan fingerprint density at radius 3 is 2.53 bits per heavy atom. The molecule has 0 aliphatic heterocycles. The molecule has 17 heavy (non-hydrogen) atoms. The highest BCUT2D eigenvalue weighted by atomic mass is 79.9. The smallest absolute Gasteiger partial charge is 0.135 e. The molecular formula is C14H10BrNO. The zero-order valence-electron chi connectivity index (χ0n) is 9.11. The molecule has 1 heterocycles. The highest BCUT2D eigenvalue weighted by molar-refractivity contribution is 9.10. The number of hydrogen-bond acceptors (Lipinski definition) is 2. The summed E-state index contributed by atoms with van der Waals surface area (Å²) in [5.74, 6) is 0. The van der Waals surface area contributed by atoms with Crippen molar-refractivity contribution in [1.82, 2.24) is 0 Å². The van der Waals surface area contributed by atoms with Gasteiger partial charge >= 0.3 is 0 Å². The van der Waals surface area contributed by atoms with Crippen molar-refractivity contribution in [2.45, 2.75) is 6.54 Å². The van der Waals surface area contributed by atoms with Crippen LogP contribution in [-0.4, -0.2) is 6.72 Å². The summed E-state index contributed by atoms with van der Waals surface area (Å²) in [7, 11) is 0. The van der Waals surface area contributed by atoms with Crippen LogP contribution in [0, 0.1) is 0 Å². The van der Waals surface area contributed by atoms with Crippen molar-refractivity contribution >= 4 is 44.6 Å². The predicted octanol–water partition coefficient (Wildman–Crippen LogP) is 4.55. The Kier molecular flexibility index (Phi) is 2.48. The standard InChI is InChI=1S/C14H10BrNO/c1-16-8-9-2-4-13-11(6-9)12-7-10(15)3-5-14(12)17-13/h2-7H,1,8H2. The van der Waals surface area contributed by atoms with Gasteiger partial charge < -0.3 is 4.42 Å². The van der Waals surface area contributed by atoms with Crippen molar-refractivity contribution in [3.05, 3.63) is 46.4 Å². The minimum absolute atomic E-state index is 0.636. The lowest BCUT2D eigenvalue weighted by Gasteiger charge is -1.96. The minimum Gasteiger partial charge on any atom is -0.456 e. The first-order chi connectivity index (χ1) is 8.28. The summed E-state index contributed by atoms with van der Waals surface area (Å²) < 4.78 is 6.83. The van der Waals surface area contributed by atoms with E-state index in [1.807, 2.05) is 24.3 Å². The van der Waals surface area contributed by atoms with E-state index in [0.29, 0.717) is 6.54 Å². The number of nitrogens with zero attached hydrogens (tertiary/aromatic N) is 1. The summed E-state index contributed by atoms with van der Waals surface area (Å²) in [6, 6.07) is 12.2. The molecule has 3 aromatic rings. The van der Waals surface area contributed by atoms with Crippen molar-refractivity contribution in [3.63, 3.8) is 0 Å². The van der Waals surface area contributed by atoms with Crippen molar-refractivity contribution < 1.29 is 4.42 Å². The van der Waals surface area contributed by atoms with Crippen LogP contribution in [0.4, 0.5) is 0 Å². The summed E-state index contributed by atoms with van der Waals surface area (Å²) in [5.41, 5.74) is 2.97. The quantitative estimate of drug-likeness (QED) is 0.635. The Labute approximate surface area is 107 Å². The third-order valence-corrected chi connectivity index (χ3v) is 3.28. The number of hydrogen-bond donors (Lipinski definition) is 0. The lowest BCUT2D eigenvalue weighted by atomic mass is 10.1. The maximum absolute atomic E-state index is 5.77. The Morgan fingerprint density at radius 1 is 1.06 bits per heavy atom. The second-order valence-electron chi connectivity index (χ2n) is 3.95. The molecule has 0 aliphatic carbocycles. The first-order valence-corrected chi connectivity index (χ1v) is 6.10. The van der Waals surface area contributed by atoms with Crippen molar-refractivity contribution in [3.8, 4) is 0 Å². The molecule has 0 amide bonds. The van der Waals surface area contributed by atoms with Crippen LogP contribution < -0.4 is 0 Å². The zero-order valence-corrected chi connectivity index (χ0v) is 10.7. The third-order valence-electron chi connectivity index (χ3n) is 2.79. The van der Waals surface area contributed by atoms with Gasteiger partial charge in [0, 0.05) is 15.2 Å². The van der Waals surface area contributed by atoms with E-state index >= 15 is 0 Å². The van der Waals surface area contributed by atoms with Gasteiger partial charge in [0.05, 0.1) is 6.54 Å². The van der Waals surface area contributed by atoms with Gasteiger partial charge in [0.15, 0.2) is 0 Å². The van der Waals surface area contributed by atoms with E-state index < -0.39 is 0 Å². The predicted molar refractivity (Wildman–Crippen MR) is 74.7 cm³/mol. The molecule has 0 bridgehead atoms. The van der Waals surface area contributed by atoms with Crippen molar-refractivity contribution in [2.24, 2.45) is 4.99 Å². The molecule has 0 unspecified atom stereocenters. The van der Waals surface area contributed by atoms with Gasteiger partial charge in [-0.2, -0.15) is 0 Å². The number of rotatable bonds is 2. The van der Waals surface area contributed by atoms with E-state index in [1.54, 1.807) is 0 Å². The van der Waals surface area contributed by atoms with E-state index in [9.17, 15) is 0 Å². The van der Waals surface area contributed by atoms with Crippen molar-refractivity contribution in [1.29, 1.82) is 0 Å². The summed E-state index contributed by atoms with van der Waals surface area (Å²) >= 11 is 3.48. The minimum atomic E-state index is 0.636. The molecule has 0 saturated heterocycles. The second kappa shape index (κ2) is 4.00. The largest absolute Gasteiger partial charge is 0.456 e. The Balaban J connectivity index is 2.35. The van der Waals surface area contributed by atoms with E-state index in [4.69, 9.17) is 4.42 Å². The Morgan fingerprint density at radius 2 is 1.76 bits per heavy atom. The Hall–Kier alpha value is -1.61. The highest BCUT2D eigenvalue weighted by Crippen LogP contribution is 2.31. The number of furan rings is 1. The molecule has 84 valence electrons. The van der Waals surface area contributed by atoms with Crippen LogP contribution in [0.3, 0.4) is 0 Å². The molecule has 0 atom stereocenters. The van der Waals surface area contributed by atoms with Gasteiger partial charge in [-0.05, 0) is 42.6 Å². The lowest BCUT2D eigenvalue weighted by Crippen LogP contribution is -1.79. The topological polar surface area (TPSA) is 25.5 Å². The summed E-state index contributed by atoms with van der Waals surface area (Å²) in [4.78, 5) is 3.90. The van der Waals surface area contributed by atoms with Crippen LogP contribution in [0.2, 0.25) is 0 Å². The Bertz CT molecular complexity index is 715. The van der Waals surface area contributed by atoms with Gasteiger partial charge in [-0.3, -0.25) is 4.99 Å². The third kappa shape index (κ3) is 1.76. The van der Waals surface area contributed by atoms with Crippen LogP contribution in [0.1, 0.15) is 5.56 Å². The second-order valence-corrected chi connectivity index (χ2v) is 4.87. The molecule has 0 radical (unpaired) electrons. The summed E-state index contributed by atoms with van der Waals surface area (Å²) in [6.45, 7) is 4.15. The normalized spacial score (nSPS) is 11.1. The van der Waals surface area contributed by atoms with Crippen molar-refractivity contribution in [2.75, 3.05) is 0 Å². The van der Waals surface area contributed by atoms with Gasteiger partial charge in [-0.25, -0.2) is 0 Å². The average Bonchev–Trinajstić information content (AvgIpc) is 2.67. The lowest BCUT2D eigenvalue weighted by molar-refractivity contribution is 0.668. The molecule has 2 aromatic carbocycles. The number of fused-ring (bicyclic) bond motifs is 3. The van der Waals surface area contributed by atoms with Crippen LogP contribution in [0.25, 0.3) is 21.9 Å². The zero-order chi connectivity index (χ0) is 11.8. The van der Waals surface area contributed by atoms with Crippen LogP contribution in [0.15, 0.2) is 50.3 Å². The van der Waals surface area contributed by atoms with E-state index in [1.165, 1.54) is 0 Å². The van der Waals surface area contributed by atoms with E-state index in [0.717, 1.165) is 32.0 Å². The van der Waals surface area contributed by atoms with Gasteiger partial charge in [0.1, 0.15) is 11.2 Å². The van der Waals surface area contributed by atoms with Crippen LogP contribution >= 0.6 is 15.9 Å². The van der Waals surface area contributed by atoms with Crippen LogP contribution in [0.5, 0.6) is 0 Å². The molecule has 0 aliphatic rings. The van der Waals surface area contributed by atoms with E-state index in [-0.39, 0.29) is 0 Å². The monoisotopic (exact) mass is 287 g/mol. The van der Waals surface area contributed by atoms with Gasteiger partial charge in [-0.1, -0.05) is 22.0 Å². The molecule has 0 fully saturated rings. The number of aliphatic imine (C=N–C) groups is 1. The summed E-state index contributed by atoms with van der Waals surface area (Å²) in [6.07, 6.45) is 0. The molecule has 0 N–H and O–H groups in total. The fraction of sp³-hybridized carbons (Fsp3) is 0.0714. The van der Waals surface area contributed by atoms with Gasteiger partial charge in [0.25, 0.3) is 0 Å². The number of benzene rings is 2. The molecule has 3 heteroatoms. The maximum Gasteiger partial charge on any atom is 0.135 e. The van der Waals surface area contributed by atoms with E-state index in [2.05, 4.69) is 39.8 Å². The summed E-state index contributed by atoms with van der Waals surface area (Å²) in [5, 5.41) is 2.25. The van der Waals surface area contributed by atoms with Gasteiger partial charge in [0.2, 0.25) is 0 Å².